The number of aromatic nitrogens is 4. The van der Waals surface area contributed by atoms with E-state index in [2.05, 4.69) is 20.4 Å². The summed E-state index contributed by atoms with van der Waals surface area (Å²) in [6.45, 7) is 4.04. The van der Waals surface area contributed by atoms with Crippen LogP contribution in [0.4, 0.5) is 17.5 Å². The minimum absolute atomic E-state index is 0.108. The number of hydrogen-bond donors (Lipinski definition) is 2. The molecule has 8 nitrogen and oxygen atoms in total. The van der Waals surface area contributed by atoms with E-state index in [1.54, 1.807) is 29.9 Å². The van der Waals surface area contributed by atoms with Gasteiger partial charge in [0.2, 0.25) is 11.9 Å². The molecule has 0 aliphatic carbocycles. The molecule has 2 aromatic heterocycles. The predicted molar refractivity (Wildman–Crippen MR) is 98.5 cm³/mol. The van der Waals surface area contributed by atoms with Crippen molar-refractivity contribution >= 4 is 34.4 Å². The Labute approximate surface area is 145 Å². The quantitative estimate of drug-likeness (QED) is 0.749. The molecule has 0 radical (unpaired) electrons. The van der Waals surface area contributed by atoms with Crippen LogP contribution in [0, 0.1) is 13.8 Å². The van der Waals surface area contributed by atoms with E-state index in [9.17, 15) is 4.79 Å². The maximum absolute atomic E-state index is 12.4. The zero-order valence-corrected chi connectivity index (χ0v) is 14.7. The lowest BCUT2D eigenvalue weighted by molar-refractivity contribution is -0.114. The van der Waals surface area contributed by atoms with Gasteiger partial charge in [0.1, 0.15) is 5.82 Å². The first-order chi connectivity index (χ1) is 11.9. The molecule has 0 bridgehead atoms. The molecule has 0 unspecified atom stereocenters. The molecule has 1 aromatic carbocycles. The third-order valence-electron chi connectivity index (χ3n) is 4.08. The first-order valence-corrected chi connectivity index (χ1v) is 7.89. The second-order valence-corrected chi connectivity index (χ2v) is 6.09. The number of benzene rings is 1. The summed E-state index contributed by atoms with van der Waals surface area (Å²) in [6, 6.07) is 5.89. The van der Waals surface area contributed by atoms with Gasteiger partial charge in [0.05, 0.1) is 18.1 Å². The highest BCUT2D eigenvalue weighted by Crippen LogP contribution is 2.21. The van der Waals surface area contributed by atoms with Gasteiger partial charge in [-0.05, 0) is 25.0 Å². The van der Waals surface area contributed by atoms with Gasteiger partial charge in [-0.25, -0.2) is 0 Å². The largest absolute Gasteiger partial charge is 0.383 e. The maximum atomic E-state index is 12.4. The van der Waals surface area contributed by atoms with Gasteiger partial charge >= 0.3 is 0 Å². The van der Waals surface area contributed by atoms with E-state index in [1.807, 2.05) is 32.0 Å². The zero-order chi connectivity index (χ0) is 18.1. The van der Waals surface area contributed by atoms with Crippen molar-refractivity contribution in [2.45, 2.75) is 13.8 Å². The highest BCUT2D eigenvalue weighted by Gasteiger charge is 2.15. The summed E-state index contributed by atoms with van der Waals surface area (Å²) in [5.74, 6) is 0.576. The fourth-order valence-corrected chi connectivity index (χ4v) is 2.68. The Morgan fingerprint density at radius 3 is 2.64 bits per heavy atom. The molecule has 3 aromatic rings. The van der Waals surface area contributed by atoms with Crippen LogP contribution in [0.2, 0.25) is 0 Å². The number of rotatable bonds is 4. The van der Waals surface area contributed by atoms with Gasteiger partial charge in [-0.2, -0.15) is 15.1 Å². The summed E-state index contributed by atoms with van der Waals surface area (Å²) in [6.07, 6.45) is 1.63. The number of carbonyl (C=O) groups is 1. The first kappa shape index (κ1) is 16.7. The summed E-state index contributed by atoms with van der Waals surface area (Å²) in [4.78, 5) is 22.8. The number of nitrogens with one attached hydrogen (secondary N) is 1. The first-order valence-electron chi connectivity index (χ1n) is 7.89. The minimum Gasteiger partial charge on any atom is -0.383 e. The summed E-state index contributed by atoms with van der Waals surface area (Å²) in [7, 11) is 3.54. The normalized spacial score (nSPS) is 10.9. The molecule has 0 aliphatic rings. The Morgan fingerprint density at radius 2 is 1.96 bits per heavy atom. The van der Waals surface area contributed by atoms with E-state index in [-0.39, 0.29) is 12.5 Å². The van der Waals surface area contributed by atoms with Crippen LogP contribution in [-0.2, 0) is 11.8 Å². The average molecular weight is 339 g/mol. The van der Waals surface area contributed by atoms with Gasteiger partial charge in [0.25, 0.3) is 0 Å². The molecule has 0 aliphatic heterocycles. The number of nitrogens with two attached hydrogens (primary N) is 1. The van der Waals surface area contributed by atoms with Gasteiger partial charge in [0, 0.05) is 19.8 Å². The van der Waals surface area contributed by atoms with Gasteiger partial charge in [-0.3, -0.25) is 9.48 Å². The molecular formula is C17H21N7O. The van der Waals surface area contributed by atoms with Crippen molar-refractivity contribution in [2.75, 3.05) is 29.5 Å². The fourth-order valence-electron chi connectivity index (χ4n) is 2.68. The summed E-state index contributed by atoms with van der Waals surface area (Å²) in [5.41, 5.74) is 9.48. The second-order valence-electron chi connectivity index (χ2n) is 6.09. The van der Waals surface area contributed by atoms with E-state index in [4.69, 9.17) is 5.73 Å². The van der Waals surface area contributed by atoms with Crippen LogP contribution in [0.3, 0.4) is 0 Å². The Morgan fingerprint density at radius 1 is 1.28 bits per heavy atom. The number of anilines is 3. The molecule has 3 rings (SSSR count). The van der Waals surface area contributed by atoms with Gasteiger partial charge < -0.3 is 16.0 Å². The molecule has 0 saturated carbocycles. The maximum Gasteiger partial charge on any atom is 0.244 e. The van der Waals surface area contributed by atoms with Crippen LogP contribution in [0.1, 0.15) is 11.1 Å². The molecule has 0 atom stereocenters. The SMILES string of the molecule is Cc1cccc(C)c1NC(=O)CN(C)c1nc(N)c2cnn(C)c2n1. The summed E-state index contributed by atoms with van der Waals surface area (Å²) < 4.78 is 1.63. The number of carbonyl (C=O) groups excluding carboxylic acids is 1. The van der Waals surface area contributed by atoms with Crippen molar-refractivity contribution < 1.29 is 4.79 Å². The van der Waals surface area contributed by atoms with E-state index in [1.165, 1.54) is 0 Å². The van der Waals surface area contributed by atoms with Crippen LogP contribution in [0.5, 0.6) is 0 Å². The lowest BCUT2D eigenvalue weighted by Crippen LogP contribution is -2.31. The van der Waals surface area contributed by atoms with Crippen molar-refractivity contribution in [3.05, 3.63) is 35.5 Å². The molecule has 0 saturated heterocycles. The third kappa shape index (κ3) is 3.23. The Hall–Kier alpha value is -3.16. The molecule has 0 fully saturated rings. The number of para-hydroxylation sites is 1. The number of nitrogen functional groups attached to an aromatic ring is 1. The summed E-state index contributed by atoms with van der Waals surface area (Å²) >= 11 is 0. The van der Waals surface area contributed by atoms with Gasteiger partial charge in [-0.1, -0.05) is 18.2 Å². The molecule has 1 amide bonds. The van der Waals surface area contributed by atoms with Crippen molar-refractivity contribution in [2.24, 2.45) is 7.05 Å². The highest BCUT2D eigenvalue weighted by atomic mass is 16.2. The molecule has 0 spiro atoms. The Balaban J connectivity index is 1.79. The monoisotopic (exact) mass is 339 g/mol. The lowest BCUT2D eigenvalue weighted by atomic mass is 10.1. The van der Waals surface area contributed by atoms with Crippen LogP contribution >= 0.6 is 0 Å². The van der Waals surface area contributed by atoms with Crippen LogP contribution in [0.25, 0.3) is 11.0 Å². The molecule has 130 valence electrons. The molecule has 2 heterocycles. The number of nitrogens with zero attached hydrogens (tertiary/aromatic N) is 5. The van der Waals surface area contributed by atoms with Crippen LogP contribution in [-0.4, -0.2) is 39.2 Å². The Kier molecular flexibility index (Phi) is 4.26. The smallest absolute Gasteiger partial charge is 0.244 e. The highest BCUT2D eigenvalue weighted by molar-refractivity contribution is 5.95. The summed E-state index contributed by atoms with van der Waals surface area (Å²) in [5, 5.41) is 7.78. The molecular weight excluding hydrogens is 318 g/mol. The predicted octanol–water partition coefficient (Wildman–Crippen LogP) is 1.64. The van der Waals surface area contributed by atoms with Crippen LogP contribution in [0.15, 0.2) is 24.4 Å². The molecule has 3 N–H and O–H groups in total. The molecule has 8 heteroatoms. The number of fused-ring (bicyclic) bond motifs is 1. The number of hydrogen-bond acceptors (Lipinski definition) is 6. The lowest BCUT2D eigenvalue weighted by Gasteiger charge is -2.18. The van der Waals surface area contributed by atoms with Crippen molar-refractivity contribution in [3.63, 3.8) is 0 Å². The number of amides is 1. The van der Waals surface area contributed by atoms with Crippen molar-refractivity contribution in [3.8, 4) is 0 Å². The number of aryl methyl sites for hydroxylation is 3. The van der Waals surface area contributed by atoms with Crippen molar-refractivity contribution in [1.29, 1.82) is 0 Å². The second kappa shape index (κ2) is 6.39. The van der Waals surface area contributed by atoms with Gasteiger partial charge in [0.15, 0.2) is 5.65 Å². The standard InChI is InChI=1S/C17H21N7O/c1-10-6-5-7-11(2)14(10)20-13(25)9-23(3)17-21-15(18)12-8-19-24(4)16(12)22-17/h5-8H,9H2,1-4H3,(H,20,25)(H2,18,21,22). The number of likely N-dealkylation sites (N-methyl/N-ethyl adjacent to an activating group) is 1. The van der Waals surface area contributed by atoms with E-state index >= 15 is 0 Å². The third-order valence-corrected chi connectivity index (χ3v) is 4.08. The van der Waals surface area contributed by atoms with Gasteiger partial charge in [-0.15, -0.1) is 0 Å². The van der Waals surface area contributed by atoms with E-state index in [0.29, 0.717) is 22.8 Å². The van der Waals surface area contributed by atoms with E-state index in [0.717, 1.165) is 16.8 Å². The fraction of sp³-hybridized carbons (Fsp3) is 0.294. The average Bonchev–Trinajstić information content (AvgIpc) is 2.93. The molecule has 25 heavy (non-hydrogen) atoms. The van der Waals surface area contributed by atoms with Crippen molar-refractivity contribution in [1.82, 2.24) is 19.7 Å². The van der Waals surface area contributed by atoms with E-state index < -0.39 is 0 Å². The Bertz CT molecular complexity index is 927. The van der Waals surface area contributed by atoms with Crippen LogP contribution < -0.4 is 16.0 Å². The topological polar surface area (TPSA) is 102 Å². The minimum atomic E-state index is -0.146. The zero-order valence-electron chi connectivity index (χ0n) is 14.7.